The van der Waals surface area contributed by atoms with Gasteiger partial charge in [-0.2, -0.15) is 0 Å². The summed E-state index contributed by atoms with van der Waals surface area (Å²) in [4.78, 5) is 2.27. The summed E-state index contributed by atoms with van der Waals surface area (Å²) in [6.45, 7) is 4.43. The highest BCUT2D eigenvalue weighted by molar-refractivity contribution is 5.48. The van der Waals surface area contributed by atoms with E-state index in [0.717, 1.165) is 25.2 Å². The lowest BCUT2D eigenvalue weighted by molar-refractivity contribution is 0.321. The van der Waals surface area contributed by atoms with E-state index >= 15 is 0 Å². The Labute approximate surface area is 102 Å². The van der Waals surface area contributed by atoms with Crippen LogP contribution in [0.5, 0.6) is 5.75 Å². The summed E-state index contributed by atoms with van der Waals surface area (Å²) in [7, 11) is 2.10. The Morgan fingerprint density at radius 3 is 2.94 bits per heavy atom. The molecular formula is C13H19FN2O. The normalized spacial score (nSPS) is 20.5. The summed E-state index contributed by atoms with van der Waals surface area (Å²) in [5, 5.41) is 3.34. The molecule has 1 aliphatic rings. The lowest BCUT2D eigenvalue weighted by Gasteiger charge is -2.15. The van der Waals surface area contributed by atoms with E-state index in [0.29, 0.717) is 18.4 Å². The van der Waals surface area contributed by atoms with E-state index in [1.807, 2.05) is 13.0 Å². The molecule has 1 unspecified atom stereocenters. The van der Waals surface area contributed by atoms with Crippen molar-refractivity contribution >= 4 is 5.69 Å². The fourth-order valence-corrected chi connectivity index (χ4v) is 2.15. The molecule has 1 fully saturated rings. The van der Waals surface area contributed by atoms with Crippen molar-refractivity contribution in [3.8, 4) is 5.75 Å². The van der Waals surface area contributed by atoms with Gasteiger partial charge in [0, 0.05) is 24.3 Å². The van der Waals surface area contributed by atoms with E-state index in [9.17, 15) is 4.39 Å². The van der Waals surface area contributed by atoms with Crippen molar-refractivity contribution in [2.45, 2.75) is 19.4 Å². The maximum absolute atomic E-state index is 13.6. The van der Waals surface area contributed by atoms with Gasteiger partial charge < -0.3 is 15.0 Å². The number of anilines is 1. The zero-order chi connectivity index (χ0) is 12.3. The smallest absolute Gasteiger partial charge is 0.167 e. The van der Waals surface area contributed by atoms with Crippen LogP contribution in [0.25, 0.3) is 0 Å². The van der Waals surface area contributed by atoms with E-state index < -0.39 is 0 Å². The minimum Gasteiger partial charge on any atom is -0.491 e. The third-order valence-electron chi connectivity index (χ3n) is 2.99. The largest absolute Gasteiger partial charge is 0.491 e. The number of rotatable bonds is 4. The summed E-state index contributed by atoms with van der Waals surface area (Å²) in [6.07, 6.45) is 1.10. The van der Waals surface area contributed by atoms with Gasteiger partial charge in [-0.25, -0.2) is 4.39 Å². The van der Waals surface area contributed by atoms with Crippen molar-refractivity contribution in [1.82, 2.24) is 4.90 Å². The van der Waals surface area contributed by atoms with Crippen LogP contribution in [0.2, 0.25) is 0 Å². The molecule has 1 aromatic carbocycles. The Morgan fingerprint density at radius 1 is 1.53 bits per heavy atom. The summed E-state index contributed by atoms with van der Waals surface area (Å²) in [5.41, 5.74) is 0.825. The number of hydrogen-bond acceptors (Lipinski definition) is 3. The second kappa shape index (κ2) is 5.36. The van der Waals surface area contributed by atoms with Crippen molar-refractivity contribution < 1.29 is 9.13 Å². The molecule has 0 radical (unpaired) electrons. The first-order chi connectivity index (χ1) is 8.19. The Bertz CT molecular complexity index is 384. The molecule has 4 heteroatoms. The molecule has 0 bridgehead atoms. The lowest BCUT2D eigenvalue weighted by Crippen LogP contribution is -2.23. The first-order valence-electron chi connectivity index (χ1n) is 6.06. The third kappa shape index (κ3) is 3.09. The molecule has 1 aromatic rings. The number of ether oxygens (including phenoxy) is 1. The molecular weight excluding hydrogens is 219 g/mol. The van der Waals surface area contributed by atoms with Gasteiger partial charge in [-0.1, -0.05) is 0 Å². The molecule has 17 heavy (non-hydrogen) atoms. The second-order valence-electron chi connectivity index (χ2n) is 4.47. The number of likely N-dealkylation sites (tertiary alicyclic amines) is 1. The molecule has 3 nitrogen and oxygen atoms in total. The van der Waals surface area contributed by atoms with Crippen molar-refractivity contribution in [3.05, 3.63) is 24.0 Å². The van der Waals surface area contributed by atoms with E-state index in [-0.39, 0.29) is 5.82 Å². The molecule has 0 aromatic heterocycles. The van der Waals surface area contributed by atoms with Gasteiger partial charge in [0.1, 0.15) is 0 Å². The zero-order valence-electron chi connectivity index (χ0n) is 10.4. The summed E-state index contributed by atoms with van der Waals surface area (Å²) in [5.74, 6) is 0.0183. The minimum absolute atomic E-state index is 0.303. The number of benzene rings is 1. The van der Waals surface area contributed by atoms with Gasteiger partial charge in [-0.05, 0) is 39.1 Å². The van der Waals surface area contributed by atoms with Gasteiger partial charge >= 0.3 is 0 Å². The summed E-state index contributed by atoms with van der Waals surface area (Å²) < 4.78 is 18.8. The maximum atomic E-state index is 13.6. The van der Waals surface area contributed by atoms with Crippen LogP contribution < -0.4 is 10.1 Å². The molecule has 1 saturated heterocycles. The molecule has 1 aliphatic heterocycles. The lowest BCUT2D eigenvalue weighted by atomic mass is 10.2. The zero-order valence-corrected chi connectivity index (χ0v) is 10.4. The van der Waals surface area contributed by atoms with E-state index in [2.05, 4.69) is 17.3 Å². The van der Waals surface area contributed by atoms with Gasteiger partial charge in [0.25, 0.3) is 0 Å². The average molecular weight is 238 g/mol. The molecule has 0 amide bonds. The molecule has 0 aliphatic carbocycles. The number of hydrogen-bond donors (Lipinski definition) is 1. The standard InChI is InChI=1S/C13H19FN2O/c1-3-17-13-5-4-10(8-12(13)14)15-11-6-7-16(2)9-11/h4-5,8,11,15H,3,6-7,9H2,1-2H3. The van der Waals surface area contributed by atoms with Gasteiger partial charge in [0.05, 0.1) is 6.61 Å². The van der Waals surface area contributed by atoms with Crippen LogP contribution in [-0.2, 0) is 0 Å². The van der Waals surface area contributed by atoms with Crippen LogP contribution in [-0.4, -0.2) is 37.7 Å². The van der Waals surface area contributed by atoms with E-state index in [1.54, 1.807) is 6.07 Å². The highest BCUT2D eigenvalue weighted by atomic mass is 19.1. The van der Waals surface area contributed by atoms with Gasteiger partial charge in [0.15, 0.2) is 11.6 Å². The number of nitrogens with zero attached hydrogens (tertiary/aromatic N) is 1. The average Bonchev–Trinajstić information content (AvgIpc) is 2.68. The van der Waals surface area contributed by atoms with Crippen molar-refractivity contribution in [3.63, 3.8) is 0 Å². The highest BCUT2D eigenvalue weighted by Crippen LogP contribution is 2.22. The predicted molar refractivity (Wildman–Crippen MR) is 67.1 cm³/mol. The Hall–Kier alpha value is -1.29. The summed E-state index contributed by atoms with van der Waals surface area (Å²) in [6, 6.07) is 5.47. The highest BCUT2D eigenvalue weighted by Gasteiger charge is 2.19. The van der Waals surface area contributed by atoms with Crippen molar-refractivity contribution in [2.24, 2.45) is 0 Å². The molecule has 2 rings (SSSR count). The second-order valence-corrected chi connectivity index (χ2v) is 4.47. The minimum atomic E-state index is -0.303. The molecule has 94 valence electrons. The number of nitrogens with one attached hydrogen (secondary N) is 1. The third-order valence-corrected chi connectivity index (χ3v) is 2.99. The van der Waals surface area contributed by atoms with Gasteiger partial charge in [0.2, 0.25) is 0 Å². The Morgan fingerprint density at radius 2 is 2.35 bits per heavy atom. The van der Waals surface area contributed by atoms with E-state index in [4.69, 9.17) is 4.74 Å². The first-order valence-corrected chi connectivity index (χ1v) is 6.06. The Balaban J connectivity index is 1.99. The van der Waals surface area contributed by atoms with Gasteiger partial charge in [-0.3, -0.25) is 0 Å². The molecule has 0 saturated carbocycles. The van der Waals surface area contributed by atoms with Crippen LogP contribution in [0.4, 0.5) is 10.1 Å². The van der Waals surface area contributed by atoms with Crippen molar-refractivity contribution in [1.29, 1.82) is 0 Å². The fourth-order valence-electron chi connectivity index (χ4n) is 2.15. The predicted octanol–water partition coefficient (Wildman–Crippen LogP) is 2.34. The van der Waals surface area contributed by atoms with Crippen LogP contribution in [0, 0.1) is 5.82 Å². The number of likely N-dealkylation sites (N-methyl/N-ethyl adjacent to an activating group) is 1. The summed E-state index contributed by atoms with van der Waals surface area (Å²) >= 11 is 0. The first kappa shape index (κ1) is 12.2. The fraction of sp³-hybridized carbons (Fsp3) is 0.538. The maximum Gasteiger partial charge on any atom is 0.167 e. The quantitative estimate of drug-likeness (QED) is 0.871. The van der Waals surface area contributed by atoms with Crippen LogP contribution in [0.15, 0.2) is 18.2 Å². The van der Waals surface area contributed by atoms with E-state index in [1.165, 1.54) is 6.07 Å². The van der Waals surface area contributed by atoms with Crippen LogP contribution >= 0.6 is 0 Å². The van der Waals surface area contributed by atoms with Crippen LogP contribution in [0.3, 0.4) is 0 Å². The Kier molecular flexibility index (Phi) is 3.84. The van der Waals surface area contributed by atoms with Crippen LogP contribution in [0.1, 0.15) is 13.3 Å². The molecule has 1 N–H and O–H groups in total. The molecule has 0 spiro atoms. The van der Waals surface area contributed by atoms with Crippen molar-refractivity contribution in [2.75, 3.05) is 32.1 Å². The molecule has 1 heterocycles. The topological polar surface area (TPSA) is 24.5 Å². The van der Waals surface area contributed by atoms with Gasteiger partial charge in [-0.15, -0.1) is 0 Å². The number of halogens is 1. The SMILES string of the molecule is CCOc1ccc(NC2CCN(C)C2)cc1F. The monoisotopic (exact) mass is 238 g/mol. The molecule has 1 atom stereocenters.